The van der Waals surface area contributed by atoms with Crippen molar-refractivity contribution in [3.63, 3.8) is 0 Å². The zero-order valence-corrected chi connectivity index (χ0v) is 18.8. The number of hydrogen-bond donors (Lipinski definition) is 1. The molecule has 0 aliphatic carbocycles. The molecule has 2 aromatic rings. The first-order valence-electron chi connectivity index (χ1n) is 9.34. The summed E-state index contributed by atoms with van der Waals surface area (Å²) in [5.41, 5.74) is 5.22. The SMILES string of the molecule is CN=C(NCCc1ccncc1C)N1CCN(c2cccc(C)c2)CC1.I. The van der Waals surface area contributed by atoms with E-state index in [9.17, 15) is 0 Å². The lowest BCUT2D eigenvalue weighted by atomic mass is 10.1. The molecule has 1 aliphatic rings. The molecule has 1 aromatic heterocycles. The fourth-order valence-electron chi connectivity index (χ4n) is 3.43. The summed E-state index contributed by atoms with van der Waals surface area (Å²) in [6.45, 7) is 9.17. The summed E-state index contributed by atoms with van der Waals surface area (Å²) in [5, 5.41) is 3.52. The maximum atomic E-state index is 4.48. The molecule has 27 heavy (non-hydrogen) atoms. The van der Waals surface area contributed by atoms with Crippen molar-refractivity contribution in [1.82, 2.24) is 15.2 Å². The Hall–Kier alpha value is -1.83. The van der Waals surface area contributed by atoms with Crippen LogP contribution in [-0.2, 0) is 6.42 Å². The monoisotopic (exact) mass is 479 g/mol. The Morgan fingerprint density at radius 1 is 1.15 bits per heavy atom. The molecule has 1 N–H and O–H groups in total. The van der Waals surface area contributed by atoms with E-state index in [1.54, 1.807) is 0 Å². The highest BCUT2D eigenvalue weighted by atomic mass is 127. The van der Waals surface area contributed by atoms with Gasteiger partial charge in [-0.05, 0) is 55.2 Å². The van der Waals surface area contributed by atoms with Gasteiger partial charge in [0.2, 0.25) is 0 Å². The molecule has 1 saturated heterocycles. The largest absolute Gasteiger partial charge is 0.368 e. The van der Waals surface area contributed by atoms with Gasteiger partial charge in [0, 0.05) is 57.9 Å². The normalized spacial score (nSPS) is 14.7. The van der Waals surface area contributed by atoms with E-state index in [0.29, 0.717) is 0 Å². The van der Waals surface area contributed by atoms with Crippen molar-refractivity contribution in [1.29, 1.82) is 0 Å². The lowest BCUT2D eigenvalue weighted by Gasteiger charge is -2.37. The van der Waals surface area contributed by atoms with Crippen LogP contribution in [0.3, 0.4) is 0 Å². The summed E-state index contributed by atoms with van der Waals surface area (Å²) in [6.07, 6.45) is 4.77. The van der Waals surface area contributed by atoms with Crippen molar-refractivity contribution in [2.24, 2.45) is 4.99 Å². The second-order valence-corrected chi connectivity index (χ2v) is 6.84. The van der Waals surface area contributed by atoms with Crippen LogP contribution in [0.1, 0.15) is 16.7 Å². The maximum absolute atomic E-state index is 4.48. The third-order valence-electron chi connectivity index (χ3n) is 4.97. The smallest absolute Gasteiger partial charge is 0.193 e. The van der Waals surface area contributed by atoms with Crippen LogP contribution >= 0.6 is 24.0 Å². The van der Waals surface area contributed by atoms with Crippen LogP contribution in [0.25, 0.3) is 0 Å². The summed E-state index contributed by atoms with van der Waals surface area (Å²) in [5.74, 6) is 1.00. The van der Waals surface area contributed by atoms with Gasteiger partial charge < -0.3 is 15.1 Å². The van der Waals surface area contributed by atoms with Gasteiger partial charge in [-0.1, -0.05) is 12.1 Å². The Bertz CT molecular complexity index is 754. The lowest BCUT2D eigenvalue weighted by molar-refractivity contribution is 0.373. The molecule has 6 heteroatoms. The Balaban J connectivity index is 0.00000261. The highest BCUT2D eigenvalue weighted by Crippen LogP contribution is 2.17. The molecule has 0 atom stereocenters. The molecule has 1 aliphatic heterocycles. The van der Waals surface area contributed by atoms with E-state index in [1.165, 1.54) is 22.4 Å². The van der Waals surface area contributed by atoms with Gasteiger partial charge in [-0.25, -0.2) is 0 Å². The maximum Gasteiger partial charge on any atom is 0.193 e. The number of guanidine groups is 1. The van der Waals surface area contributed by atoms with Gasteiger partial charge in [-0.2, -0.15) is 0 Å². The van der Waals surface area contributed by atoms with E-state index in [4.69, 9.17) is 0 Å². The number of piperazine rings is 1. The van der Waals surface area contributed by atoms with Gasteiger partial charge in [-0.15, -0.1) is 24.0 Å². The minimum atomic E-state index is 0. The van der Waals surface area contributed by atoms with Crippen LogP contribution in [-0.4, -0.2) is 55.6 Å². The minimum Gasteiger partial charge on any atom is -0.368 e. The molecular formula is C21H30IN5. The van der Waals surface area contributed by atoms with Gasteiger partial charge in [0.05, 0.1) is 0 Å². The molecule has 146 valence electrons. The first-order valence-corrected chi connectivity index (χ1v) is 9.34. The second kappa shape index (κ2) is 10.5. The van der Waals surface area contributed by atoms with Crippen LogP contribution in [0.4, 0.5) is 5.69 Å². The number of hydrogen-bond acceptors (Lipinski definition) is 3. The standard InChI is InChI=1S/C21H29N5.HI/c1-17-5-4-6-20(15-17)25-11-13-26(14-12-25)21(22-3)24-10-8-19-7-9-23-16-18(19)2;/h4-7,9,15-16H,8,10-14H2,1-3H3,(H,22,24);1H. The number of aliphatic imine (C=N–C) groups is 1. The fourth-order valence-corrected chi connectivity index (χ4v) is 3.43. The van der Waals surface area contributed by atoms with Gasteiger partial charge in [0.15, 0.2) is 5.96 Å². The summed E-state index contributed by atoms with van der Waals surface area (Å²) in [6, 6.07) is 10.8. The summed E-state index contributed by atoms with van der Waals surface area (Å²) < 4.78 is 0. The average molecular weight is 479 g/mol. The van der Waals surface area contributed by atoms with Crippen molar-refractivity contribution in [2.45, 2.75) is 20.3 Å². The van der Waals surface area contributed by atoms with Gasteiger partial charge in [0.1, 0.15) is 0 Å². The molecule has 0 saturated carbocycles. The van der Waals surface area contributed by atoms with Crippen LogP contribution in [0.15, 0.2) is 47.7 Å². The molecule has 2 heterocycles. The Morgan fingerprint density at radius 3 is 2.59 bits per heavy atom. The molecule has 0 radical (unpaired) electrons. The number of halogens is 1. The molecule has 3 rings (SSSR count). The van der Waals surface area contributed by atoms with Crippen LogP contribution in [0.5, 0.6) is 0 Å². The second-order valence-electron chi connectivity index (χ2n) is 6.84. The molecular weight excluding hydrogens is 449 g/mol. The number of pyridine rings is 1. The predicted octanol–water partition coefficient (Wildman–Crippen LogP) is 3.26. The topological polar surface area (TPSA) is 43.8 Å². The molecule has 5 nitrogen and oxygen atoms in total. The third kappa shape index (κ3) is 5.82. The van der Waals surface area contributed by atoms with Crippen LogP contribution in [0, 0.1) is 13.8 Å². The minimum absolute atomic E-state index is 0. The number of nitrogens with zero attached hydrogens (tertiary/aromatic N) is 4. The van der Waals surface area contributed by atoms with Crippen molar-refractivity contribution >= 4 is 35.6 Å². The van der Waals surface area contributed by atoms with Crippen molar-refractivity contribution < 1.29 is 0 Å². The molecule has 1 fully saturated rings. The van der Waals surface area contributed by atoms with E-state index in [0.717, 1.165) is 45.1 Å². The zero-order chi connectivity index (χ0) is 18.4. The number of benzene rings is 1. The Kier molecular flexibility index (Phi) is 8.34. The van der Waals surface area contributed by atoms with Crippen LogP contribution in [0.2, 0.25) is 0 Å². The van der Waals surface area contributed by atoms with Crippen molar-refractivity contribution in [2.75, 3.05) is 44.7 Å². The van der Waals surface area contributed by atoms with E-state index in [2.05, 4.69) is 69.3 Å². The molecule has 0 unspecified atom stereocenters. The van der Waals surface area contributed by atoms with Crippen molar-refractivity contribution in [3.05, 3.63) is 59.4 Å². The Labute approximate surface area is 179 Å². The van der Waals surface area contributed by atoms with Gasteiger partial charge in [0.25, 0.3) is 0 Å². The van der Waals surface area contributed by atoms with Crippen molar-refractivity contribution in [3.8, 4) is 0 Å². The zero-order valence-electron chi connectivity index (χ0n) is 16.5. The van der Waals surface area contributed by atoms with E-state index in [1.807, 2.05) is 19.4 Å². The molecule has 0 bridgehead atoms. The molecule has 1 aromatic carbocycles. The van der Waals surface area contributed by atoms with E-state index in [-0.39, 0.29) is 24.0 Å². The molecule has 0 amide bonds. The number of anilines is 1. The average Bonchev–Trinajstić information content (AvgIpc) is 2.67. The third-order valence-corrected chi connectivity index (χ3v) is 4.97. The summed E-state index contributed by atoms with van der Waals surface area (Å²) >= 11 is 0. The van der Waals surface area contributed by atoms with Gasteiger partial charge >= 0.3 is 0 Å². The number of aromatic nitrogens is 1. The first kappa shape index (κ1) is 21.5. The fraction of sp³-hybridized carbons (Fsp3) is 0.429. The predicted molar refractivity (Wildman–Crippen MR) is 124 cm³/mol. The van der Waals surface area contributed by atoms with Crippen LogP contribution < -0.4 is 10.2 Å². The molecule has 0 spiro atoms. The number of nitrogens with one attached hydrogen (secondary N) is 1. The summed E-state index contributed by atoms with van der Waals surface area (Å²) in [4.78, 5) is 13.4. The van der Waals surface area contributed by atoms with E-state index >= 15 is 0 Å². The quantitative estimate of drug-likeness (QED) is 0.416. The summed E-state index contributed by atoms with van der Waals surface area (Å²) in [7, 11) is 1.87. The number of rotatable bonds is 4. The highest BCUT2D eigenvalue weighted by molar-refractivity contribution is 14.0. The van der Waals surface area contributed by atoms with E-state index < -0.39 is 0 Å². The lowest BCUT2D eigenvalue weighted by Crippen LogP contribution is -2.52. The Morgan fingerprint density at radius 2 is 1.93 bits per heavy atom. The number of aryl methyl sites for hydroxylation is 2. The van der Waals surface area contributed by atoms with Gasteiger partial charge in [-0.3, -0.25) is 9.98 Å². The highest BCUT2D eigenvalue weighted by Gasteiger charge is 2.19. The first-order chi connectivity index (χ1) is 12.7.